The van der Waals surface area contributed by atoms with Gasteiger partial charge >= 0.3 is 16.2 Å². The molecule has 2 heterocycles. The molecule has 0 bridgehead atoms. The molecule has 0 aliphatic heterocycles. The third-order valence-electron chi connectivity index (χ3n) is 4.89. The maximum atomic E-state index is 12.8. The molecule has 2 N–H and O–H groups in total. The summed E-state index contributed by atoms with van der Waals surface area (Å²) in [6.07, 6.45) is 1.38. The van der Waals surface area contributed by atoms with Crippen LogP contribution in [0.3, 0.4) is 0 Å². The van der Waals surface area contributed by atoms with Gasteiger partial charge in [-0.3, -0.25) is 0 Å². The Labute approximate surface area is 196 Å². The Hall–Kier alpha value is -4.50. The molecule has 0 saturated carbocycles. The van der Waals surface area contributed by atoms with E-state index in [-0.39, 0.29) is 12.0 Å². The quantitative estimate of drug-likeness (QED) is 0.338. The molecule has 0 saturated heterocycles. The first-order chi connectivity index (χ1) is 16.6. The van der Waals surface area contributed by atoms with Gasteiger partial charge in [0.1, 0.15) is 12.0 Å². The van der Waals surface area contributed by atoms with E-state index in [1.54, 1.807) is 0 Å². The molecule has 0 aliphatic carbocycles. The molecule has 3 aromatic carbocycles. The zero-order chi connectivity index (χ0) is 23.4. The van der Waals surface area contributed by atoms with Crippen molar-refractivity contribution in [2.75, 3.05) is 9.44 Å². The fourth-order valence-corrected chi connectivity index (χ4v) is 4.04. The Morgan fingerprint density at radius 2 is 1.06 bits per heavy atom. The van der Waals surface area contributed by atoms with E-state index in [9.17, 15) is 8.42 Å². The predicted molar refractivity (Wildman–Crippen MR) is 131 cm³/mol. The highest BCUT2D eigenvalue weighted by atomic mass is 32.2. The lowest BCUT2D eigenvalue weighted by molar-refractivity contribution is 0.572. The van der Waals surface area contributed by atoms with Gasteiger partial charge in [-0.1, -0.05) is 91.0 Å². The Morgan fingerprint density at radius 3 is 1.56 bits per heavy atom. The summed E-state index contributed by atoms with van der Waals surface area (Å²) in [6.45, 7) is 0. The summed E-state index contributed by atoms with van der Waals surface area (Å²) in [5.74, 6) is -0.0810. The SMILES string of the molecule is O=S(=O)(Nc1nc(-c2ccccc2)cc(-c2ccccc2)n1)Nc1nc(-c2ccccc2)co1. The predicted octanol–water partition coefficient (Wildman–Crippen LogP) is 5.23. The van der Waals surface area contributed by atoms with Crippen molar-refractivity contribution in [2.24, 2.45) is 0 Å². The third-order valence-corrected chi connectivity index (χ3v) is 5.78. The van der Waals surface area contributed by atoms with E-state index in [2.05, 4.69) is 24.4 Å². The molecule has 8 nitrogen and oxygen atoms in total. The van der Waals surface area contributed by atoms with Crippen molar-refractivity contribution in [2.45, 2.75) is 0 Å². The van der Waals surface area contributed by atoms with Gasteiger partial charge in [0, 0.05) is 16.7 Å². The third kappa shape index (κ3) is 4.94. The minimum absolute atomic E-state index is 0.0810. The molecule has 0 fully saturated rings. The highest BCUT2D eigenvalue weighted by Crippen LogP contribution is 2.26. The summed E-state index contributed by atoms with van der Waals surface area (Å²) in [5.41, 5.74) is 4.12. The number of hydrogen-bond acceptors (Lipinski definition) is 6. The van der Waals surface area contributed by atoms with Crippen molar-refractivity contribution in [3.05, 3.63) is 103 Å². The van der Waals surface area contributed by atoms with Crippen molar-refractivity contribution in [1.29, 1.82) is 0 Å². The minimum atomic E-state index is -4.14. The average molecular weight is 470 g/mol. The lowest BCUT2D eigenvalue weighted by atomic mass is 10.1. The van der Waals surface area contributed by atoms with Crippen LogP contribution in [-0.2, 0) is 10.2 Å². The van der Waals surface area contributed by atoms with Crippen LogP contribution < -0.4 is 9.44 Å². The summed E-state index contributed by atoms with van der Waals surface area (Å²) in [6, 6.07) is 29.9. The maximum Gasteiger partial charge on any atom is 0.327 e. The van der Waals surface area contributed by atoms with Gasteiger partial charge in [0.15, 0.2) is 0 Å². The van der Waals surface area contributed by atoms with Crippen molar-refractivity contribution >= 4 is 22.2 Å². The number of rotatable bonds is 7. The van der Waals surface area contributed by atoms with Gasteiger partial charge < -0.3 is 4.42 Å². The molecule has 5 rings (SSSR count). The molecule has 0 radical (unpaired) electrons. The van der Waals surface area contributed by atoms with Gasteiger partial charge in [0.05, 0.1) is 11.4 Å². The average Bonchev–Trinajstić information content (AvgIpc) is 3.33. The summed E-state index contributed by atoms with van der Waals surface area (Å²) in [5, 5.41) is 0. The van der Waals surface area contributed by atoms with Crippen LogP contribution >= 0.6 is 0 Å². The molecule has 0 aliphatic rings. The van der Waals surface area contributed by atoms with Crippen LogP contribution in [-0.4, -0.2) is 23.4 Å². The molecule has 2 aromatic heterocycles. The Balaban J connectivity index is 1.44. The summed E-state index contributed by atoms with van der Waals surface area (Å²) in [7, 11) is -4.14. The summed E-state index contributed by atoms with van der Waals surface area (Å²) in [4.78, 5) is 13.0. The van der Waals surface area contributed by atoms with Crippen molar-refractivity contribution in [3.8, 4) is 33.8 Å². The number of aromatic nitrogens is 3. The van der Waals surface area contributed by atoms with Crippen LogP contribution in [0.2, 0.25) is 0 Å². The highest BCUT2D eigenvalue weighted by Gasteiger charge is 2.18. The summed E-state index contributed by atoms with van der Waals surface area (Å²) >= 11 is 0. The highest BCUT2D eigenvalue weighted by molar-refractivity contribution is 7.93. The zero-order valence-corrected chi connectivity index (χ0v) is 18.6. The van der Waals surface area contributed by atoms with Gasteiger partial charge in [-0.2, -0.15) is 13.4 Å². The van der Waals surface area contributed by atoms with E-state index in [1.807, 2.05) is 97.1 Å². The number of benzene rings is 3. The van der Waals surface area contributed by atoms with E-state index in [1.165, 1.54) is 6.26 Å². The second kappa shape index (κ2) is 9.16. The van der Waals surface area contributed by atoms with Gasteiger partial charge in [-0.15, -0.1) is 0 Å². The van der Waals surface area contributed by atoms with Crippen LogP contribution in [0.5, 0.6) is 0 Å². The van der Waals surface area contributed by atoms with E-state index in [0.717, 1.165) is 16.7 Å². The summed E-state index contributed by atoms with van der Waals surface area (Å²) < 4.78 is 35.6. The number of nitrogens with one attached hydrogen (secondary N) is 2. The smallest absolute Gasteiger partial charge is 0.327 e. The second-order valence-corrected chi connectivity index (χ2v) is 8.72. The van der Waals surface area contributed by atoms with Crippen LogP contribution in [0.4, 0.5) is 12.0 Å². The van der Waals surface area contributed by atoms with E-state index < -0.39 is 10.2 Å². The van der Waals surface area contributed by atoms with Crippen LogP contribution in [0, 0.1) is 0 Å². The van der Waals surface area contributed by atoms with Gasteiger partial charge in [0.25, 0.3) is 0 Å². The first-order valence-electron chi connectivity index (χ1n) is 10.4. The number of hydrogen-bond donors (Lipinski definition) is 2. The second-order valence-electron chi connectivity index (χ2n) is 7.31. The topological polar surface area (TPSA) is 110 Å². The fraction of sp³-hybridized carbons (Fsp3) is 0. The Kier molecular flexibility index (Phi) is 5.75. The molecule has 0 atom stereocenters. The molecular formula is C25H19N5O3S. The maximum absolute atomic E-state index is 12.8. The van der Waals surface area contributed by atoms with Crippen molar-refractivity contribution in [1.82, 2.24) is 15.0 Å². The molecule has 0 amide bonds. The van der Waals surface area contributed by atoms with Gasteiger partial charge in [-0.25, -0.2) is 19.4 Å². The molecule has 5 aromatic rings. The lowest BCUT2D eigenvalue weighted by Crippen LogP contribution is -2.23. The normalized spacial score (nSPS) is 11.2. The number of nitrogens with zero attached hydrogens (tertiary/aromatic N) is 3. The van der Waals surface area contributed by atoms with Crippen LogP contribution in [0.15, 0.2) is 108 Å². The molecule has 0 unspecified atom stereocenters. The molecule has 9 heteroatoms. The lowest BCUT2D eigenvalue weighted by Gasteiger charge is -2.11. The van der Waals surface area contributed by atoms with Crippen LogP contribution in [0.1, 0.15) is 0 Å². The van der Waals surface area contributed by atoms with E-state index >= 15 is 0 Å². The monoisotopic (exact) mass is 469 g/mol. The fourth-order valence-electron chi connectivity index (χ4n) is 3.33. The Bertz CT molecular complexity index is 1450. The van der Waals surface area contributed by atoms with Crippen molar-refractivity contribution < 1.29 is 12.8 Å². The molecular weight excluding hydrogens is 450 g/mol. The first kappa shape index (κ1) is 21.4. The first-order valence-corrected chi connectivity index (χ1v) is 11.9. The Morgan fingerprint density at radius 1 is 0.588 bits per heavy atom. The number of oxazole rings is 1. The standard InChI is InChI=1S/C25H19N5O3S/c31-34(32,30-25-28-23(17-33-25)20-14-8-3-9-15-20)29-24-26-21(18-10-4-1-5-11-18)16-22(27-24)19-12-6-2-7-13-19/h1-17H,(H,28,30)(H,26,27,29). The zero-order valence-electron chi connectivity index (χ0n) is 17.8. The molecule has 168 valence electrons. The van der Waals surface area contributed by atoms with E-state index in [4.69, 9.17) is 4.42 Å². The van der Waals surface area contributed by atoms with Gasteiger partial charge in [0.2, 0.25) is 5.95 Å². The minimum Gasteiger partial charge on any atom is -0.431 e. The van der Waals surface area contributed by atoms with E-state index in [0.29, 0.717) is 17.1 Å². The van der Waals surface area contributed by atoms with Crippen molar-refractivity contribution in [3.63, 3.8) is 0 Å². The molecule has 34 heavy (non-hydrogen) atoms. The largest absolute Gasteiger partial charge is 0.431 e. The van der Waals surface area contributed by atoms with Crippen LogP contribution in [0.25, 0.3) is 33.8 Å². The molecule has 0 spiro atoms. The van der Waals surface area contributed by atoms with Gasteiger partial charge in [-0.05, 0) is 6.07 Å². The number of anilines is 2.